The number of sulfonamides is 1. The average molecular weight is 350 g/mol. The molecule has 130 valence electrons. The molecule has 8 heteroatoms. The van der Waals surface area contributed by atoms with Crippen molar-refractivity contribution in [3.63, 3.8) is 0 Å². The molecule has 6 nitrogen and oxygen atoms in total. The second-order valence-corrected chi connectivity index (χ2v) is 7.90. The third kappa shape index (κ3) is 4.55. The molecule has 0 unspecified atom stereocenters. The van der Waals surface area contributed by atoms with Crippen LogP contribution in [-0.4, -0.2) is 53.9 Å². The minimum absolute atomic E-state index is 0.408. The molecule has 0 atom stereocenters. The fraction of sp³-hybridized carbons (Fsp3) is 0.375. The van der Waals surface area contributed by atoms with Gasteiger partial charge in [-0.3, -0.25) is 4.31 Å². The van der Waals surface area contributed by atoms with E-state index in [4.69, 9.17) is 9.31 Å². The van der Waals surface area contributed by atoms with E-state index in [1.807, 2.05) is 19.0 Å². The lowest BCUT2D eigenvalue weighted by molar-refractivity contribution is 0.403. The van der Waals surface area contributed by atoms with Crippen LogP contribution in [0.5, 0.6) is 0 Å². The van der Waals surface area contributed by atoms with Crippen molar-refractivity contribution in [3.05, 3.63) is 48.9 Å². The van der Waals surface area contributed by atoms with Gasteiger partial charge in [-0.25, -0.2) is 8.42 Å². The van der Waals surface area contributed by atoms with E-state index in [1.165, 1.54) is 10.6 Å². The van der Waals surface area contributed by atoms with Gasteiger partial charge >= 0.3 is 7.12 Å². The maximum atomic E-state index is 12.1. The van der Waals surface area contributed by atoms with Crippen LogP contribution in [-0.2, 0) is 19.3 Å². The van der Waals surface area contributed by atoms with Crippen LogP contribution in [0.1, 0.15) is 6.42 Å². The lowest BCUT2D eigenvalue weighted by Crippen LogP contribution is -2.34. The van der Waals surface area contributed by atoms with Crippen LogP contribution in [0.4, 0.5) is 5.69 Å². The van der Waals surface area contributed by atoms with Gasteiger partial charge in [0.15, 0.2) is 0 Å². The van der Waals surface area contributed by atoms with Crippen molar-refractivity contribution in [2.24, 2.45) is 0 Å². The lowest BCUT2D eigenvalue weighted by atomic mass is 9.79. The second-order valence-electron chi connectivity index (χ2n) is 6.00. The van der Waals surface area contributed by atoms with Crippen molar-refractivity contribution in [2.45, 2.75) is 6.42 Å². The highest BCUT2D eigenvalue weighted by atomic mass is 32.2. The largest absolute Gasteiger partial charge is 0.632 e. The van der Waals surface area contributed by atoms with Crippen molar-refractivity contribution in [3.8, 4) is 0 Å². The molecule has 1 fully saturated rings. The predicted molar refractivity (Wildman–Crippen MR) is 97.6 cm³/mol. The minimum Gasteiger partial charge on any atom is -0.520 e. The van der Waals surface area contributed by atoms with Gasteiger partial charge in [0, 0.05) is 12.0 Å². The molecule has 1 aliphatic rings. The summed E-state index contributed by atoms with van der Waals surface area (Å²) in [5.41, 5.74) is 1.40. The standard InChI is InChI=1S/C16H23BN2O4S/c1-13-14(2)23-17(22-13)15-7-9-16(10-8-15)19(24(5,20)21)12-6-11-18(3)4/h7-10H,1-2,6,11-12H2,3-5H3. The molecular formula is C16H23BN2O4S. The van der Waals surface area contributed by atoms with E-state index in [1.54, 1.807) is 24.3 Å². The number of hydrogen-bond donors (Lipinski definition) is 0. The van der Waals surface area contributed by atoms with Gasteiger partial charge in [0.1, 0.15) is 11.5 Å². The zero-order valence-corrected chi connectivity index (χ0v) is 15.2. The van der Waals surface area contributed by atoms with Crippen LogP contribution < -0.4 is 9.77 Å². The minimum atomic E-state index is -3.34. The van der Waals surface area contributed by atoms with E-state index >= 15 is 0 Å². The van der Waals surface area contributed by atoms with E-state index < -0.39 is 17.1 Å². The monoisotopic (exact) mass is 350 g/mol. The first-order valence-corrected chi connectivity index (χ1v) is 9.47. The molecule has 0 aromatic heterocycles. The number of nitrogens with zero attached hydrogens (tertiary/aromatic N) is 2. The molecule has 0 bridgehead atoms. The van der Waals surface area contributed by atoms with E-state index in [-0.39, 0.29) is 0 Å². The molecule has 24 heavy (non-hydrogen) atoms. The van der Waals surface area contributed by atoms with Crippen molar-refractivity contribution in [1.82, 2.24) is 4.90 Å². The molecule has 1 heterocycles. The Kier molecular flexibility index (Phi) is 5.61. The first kappa shape index (κ1) is 18.4. The molecule has 1 aliphatic heterocycles. The smallest absolute Gasteiger partial charge is 0.520 e. The third-order valence-corrected chi connectivity index (χ3v) is 4.82. The van der Waals surface area contributed by atoms with Crippen LogP contribution in [0.2, 0.25) is 0 Å². The van der Waals surface area contributed by atoms with Crippen LogP contribution in [0, 0.1) is 0 Å². The van der Waals surface area contributed by atoms with Crippen molar-refractivity contribution >= 4 is 28.3 Å². The Labute approximate surface area is 144 Å². The number of rotatable bonds is 7. The molecule has 0 N–H and O–H groups in total. The van der Waals surface area contributed by atoms with Crippen molar-refractivity contribution in [1.29, 1.82) is 0 Å². The molecule has 1 saturated heterocycles. The van der Waals surface area contributed by atoms with Gasteiger partial charge in [-0.1, -0.05) is 25.3 Å². The van der Waals surface area contributed by atoms with E-state index in [0.717, 1.165) is 18.4 Å². The Bertz CT molecular complexity index is 700. The molecule has 2 rings (SSSR count). The highest BCUT2D eigenvalue weighted by Crippen LogP contribution is 2.22. The van der Waals surface area contributed by atoms with E-state index in [2.05, 4.69) is 13.2 Å². The molecule has 0 saturated carbocycles. The van der Waals surface area contributed by atoms with E-state index in [0.29, 0.717) is 23.8 Å². The van der Waals surface area contributed by atoms with Gasteiger partial charge in [-0.2, -0.15) is 0 Å². The first-order valence-electron chi connectivity index (χ1n) is 7.62. The fourth-order valence-corrected chi connectivity index (χ4v) is 3.33. The van der Waals surface area contributed by atoms with Crippen LogP contribution >= 0.6 is 0 Å². The summed E-state index contributed by atoms with van der Waals surface area (Å²) in [4.78, 5) is 2.03. The Hall–Kier alpha value is -1.93. The summed E-state index contributed by atoms with van der Waals surface area (Å²) in [5, 5.41) is 0. The Morgan fingerprint density at radius 2 is 1.58 bits per heavy atom. The summed E-state index contributed by atoms with van der Waals surface area (Å²) in [6.45, 7) is 8.65. The fourth-order valence-electron chi connectivity index (χ4n) is 2.36. The van der Waals surface area contributed by atoms with Gasteiger partial charge in [-0.05, 0) is 39.2 Å². The van der Waals surface area contributed by atoms with Gasteiger partial charge in [0.25, 0.3) is 0 Å². The molecule has 0 aliphatic carbocycles. The molecule has 1 aromatic rings. The van der Waals surface area contributed by atoms with Gasteiger partial charge in [0.2, 0.25) is 10.0 Å². The van der Waals surface area contributed by atoms with Crippen molar-refractivity contribution in [2.75, 3.05) is 37.7 Å². The normalized spacial score (nSPS) is 14.8. The van der Waals surface area contributed by atoms with Crippen LogP contribution in [0.25, 0.3) is 0 Å². The summed E-state index contributed by atoms with van der Waals surface area (Å²) in [5.74, 6) is 0.816. The zero-order valence-electron chi connectivity index (χ0n) is 14.4. The molecule has 0 amide bonds. The summed E-state index contributed by atoms with van der Waals surface area (Å²) in [6, 6.07) is 7.08. The SMILES string of the molecule is C=C1OB(c2ccc(N(CCCN(C)C)S(C)(=O)=O)cc2)OC1=C. The third-order valence-electron chi connectivity index (χ3n) is 3.63. The summed E-state index contributed by atoms with van der Waals surface area (Å²) in [6.07, 6.45) is 1.96. The van der Waals surface area contributed by atoms with Gasteiger partial charge in [-0.15, -0.1) is 0 Å². The first-order chi connectivity index (χ1) is 11.2. The molecular weight excluding hydrogens is 327 g/mol. The number of hydrogen-bond acceptors (Lipinski definition) is 5. The molecule has 0 spiro atoms. The van der Waals surface area contributed by atoms with E-state index in [9.17, 15) is 8.42 Å². The molecule has 1 aromatic carbocycles. The highest BCUT2D eigenvalue weighted by molar-refractivity contribution is 7.92. The summed E-state index contributed by atoms with van der Waals surface area (Å²) < 4.78 is 36.5. The lowest BCUT2D eigenvalue weighted by Gasteiger charge is -2.23. The van der Waals surface area contributed by atoms with Crippen molar-refractivity contribution < 1.29 is 17.7 Å². The zero-order chi connectivity index (χ0) is 17.9. The quantitative estimate of drug-likeness (QED) is 0.691. The maximum Gasteiger partial charge on any atom is 0.632 e. The average Bonchev–Trinajstić information content (AvgIpc) is 2.82. The maximum absolute atomic E-state index is 12.1. The van der Waals surface area contributed by atoms with Gasteiger partial charge < -0.3 is 14.2 Å². The Morgan fingerprint density at radius 3 is 2.04 bits per heavy atom. The number of benzene rings is 1. The number of anilines is 1. The Balaban J connectivity index is 2.13. The second kappa shape index (κ2) is 7.31. The Morgan fingerprint density at radius 1 is 1.04 bits per heavy atom. The predicted octanol–water partition coefficient (Wildman–Crippen LogP) is 1.17. The summed E-state index contributed by atoms with van der Waals surface area (Å²) >= 11 is 0. The summed E-state index contributed by atoms with van der Waals surface area (Å²) in [7, 11) is -0.00264. The molecule has 0 radical (unpaired) electrons. The topological polar surface area (TPSA) is 59.1 Å². The van der Waals surface area contributed by atoms with Crippen LogP contribution in [0.3, 0.4) is 0 Å². The highest BCUT2D eigenvalue weighted by Gasteiger charge is 2.34. The van der Waals surface area contributed by atoms with Gasteiger partial charge in [0.05, 0.1) is 11.9 Å². The van der Waals surface area contributed by atoms with Crippen LogP contribution in [0.15, 0.2) is 48.9 Å².